The van der Waals surface area contributed by atoms with Gasteiger partial charge in [-0.1, -0.05) is 56.6 Å². The van der Waals surface area contributed by atoms with E-state index in [1.165, 1.54) is 0 Å². The number of benzene rings is 3. The minimum absolute atomic E-state index is 0.0255. The van der Waals surface area contributed by atoms with Crippen LogP contribution in [0.2, 0.25) is 5.02 Å². The van der Waals surface area contributed by atoms with Crippen molar-refractivity contribution in [3.63, 3.8) is 0 Å². The lowest BCUT2D eigenvalue weighted by molar-refractivity contribution is 0.0954. The van der Waals surface area contributed by atoms with E-state index in [0.717, 1.165) is 11.1 Å². The first-order chi connectivity index (χ1) is 15.1. The third-order valence-electron chi connectivity index (χ3n) is 4.98. The average Bonchev–Trinajstić information content (AvgIpc) is 2.77. The zero-order valence-corrected chi connectivity index (χ0v) is 19.3. The number of carbonyl (C=O) groups is 2. The third-order valence-corrected chi connectivity index (χ3v) is 5.23. The fourth-order valence-electron chi connectivity index (χ4n) is 3.01. The summed E-state index contributed by atoms with van der Waals surface area (Å²) in [7, 11) is 0. The fraction of sp³-hybridized carbons (Fsp3) is 0.192. The Kier molecular flexibility index (Phi) is 7.11. The highest BCUT2D eigenvalue weighted by molar-refractivity contribution is 6.30. The van der Waals surface area contributed by atoms with Gasteiger partial charge < -0.3 is 5.32 Å². The SMILES string of the molecule is CC(=NNC(=O)c1ccc(C(C)(C)C)cc1)c1cccc(NC(=O)c2ccc(Cl)cc2)c1. The lowest BCUT2D eigenvalue weighted by Crippen LogP contribution is -2.20. The smallest absolute Gasteiger partial charge is 0.271 e. The van der Waals surface area contributed by atoms with Crippen molar-refractivity contribution in [1.29, 1.82) is 0 Å². The second-order valence-corrected chi connectivity index (χ2v) is 8.94. The number of rotatable bonds is 5. The van der Waals surface area contributed by atoms with Crippen molar-refractivity contribution in [2.45, 2.75) is 33.1 Å². The third kappa shape index (κ3) is 6.05. The quantitative estimate of drug-likeness (QED) is 0.369. The van der Waals surface area contributed by atoms with E-state index < -0.39 is 0 Å². The molecule has 0 aliphatic heterocycles. The number of hydrogen-bond acceptors (Lipinski definition) is 3. The van der Waals surface area contributed by atoms with Crippen molar-refractivity contribution in [3.8, 4) is 0 Å². The number of nitrogens with one attached hydrogen (secondary N) is 2. The first-order valence-corrected chi connectivity index (χ1v) is 10.6. The van der Waals surface area contributed by atoms with Gasteiger partial charge in [-0.3, -0.25) is 9.59 Å². The van der Waals surface area contributed by atoms with Crippen LogP contribution >= 0.6 is 11.6 Å². The molecule has 0 bridgehead atoms. The van der Waals surface area contributed by atoms with E-state index in [4.69, 9.17) is 11.6 Å². The molecule has 0 heterocycles. The molecule has 3 rings (SSSR count). The lowest BCUT2D eigenvalue weighted by atomic mass is 9.87. The monoisotopic (exact) mass is 447 g/mol. The molecule has 0 aliphatic carbocycles. The van der Waals surface area contributed by atoms with Gasteiger partial charge in [0.1, 0.15) is 0 Å². The van der Waals surface area contributed by atoms with Crippen molar-refractivity contribution in [3.05, 3.63) is 100 Å². The Morgan fingerprint density at radius 1 is 0.812 bits per heavy atom. The molecule has 0 fully saturated rings. The molecule has 0 saturated heterocycles. The molecule has 3 aromatic carbocycles. The van der Waals surface area contributed by atoms with Crippen molar-refractivity contribution < 1.29 is 9.59 Å². The van der Waals surface area contributed by atoms with Crippen LogP contribution in [0.3, 0.4) is 0 Å². The van der Waals surface area contributed by atoms with E-state index in [-0.39, 0.29) is 17.2 Å². The van der Waals surface area contributed by atoms with Gasteiger partial charge >= 0.3 is 0 Å². The van der Waals surface area contributed by atoms with E-state index in [1.807, 2.05) is 24.3 Å². The Morgan fingerprint density at radius 3 is 2.03 bits per heavy atom. The summed E-state index contributed by atoms with van der Waals surface area (Å²) in [5.74, 6) is -0.516. The number of anilines is 1. The van der Waals surface area contributed by atoms with Crippen LogP contribution in [-0.4, -0.2) is 17.5 Å². The largest absolute Gasteiger partial charge is 0.322 e. The summed E-state index contributed by atoms with van der Waals surface area (Å²) >= 11 is 5.87. The topological polar surface area (TPSA) is 70.6 Å². The fourth-order valence-corrected chi connectivity index (χ4v) is 3.14. The van der Waals surface area contributed by atoms with E-state index in [9.17, 15) is 9.59 Å². The molecule has 0 unspecified atom stereocenters. The maximum Gasteiger partial charge on any atom is 0.271 e. The molecule has 0 atom stereocenters. The standard InChI is InChI=1S/C26H26ClN3O2/c1-17(29-30-25(32)19-8-12-21(13-9-19)26(2,3)4)20-6-5-7-23(16-20)28-24(31)18-10-14-22(27)15-11-18/h5-16H,1-4H3,(H,28,31)(H,30,32). The van der Waals surface area contributed by atoms with E-state index >= 15 is 0 Å². The summed E-state index contributed by atoms with van der Waals surface area (Å²) in [6.45, 7) is 8.17. The van der Waals surface area contributed by atoms with Gasteiger partial charge in [0.15, 0.2) is 0 Å². The van der Waals surface area contributed by atoms with Crippen LogP contribution in [0.5, 0.6) is 0 Å². The van der Waals surface area contributed by atoms with E-state index in [2.05, 4.69) is 36.6 Å². The molecule has 0 saturated carbocycles. The molecule has 164 valence electrons. The Balaban J connectivity index is 1.67. The minimum atomic E-state index is -0.281. The number of hydrazone groups is 1. The summed E-state index contributed by atoms with van der Waals surface area (Å²) in [6.07, 6.45) is 0. The van der Waals surface area contributed by atoms with Crippen molar-refractivity contribution in [2.75, 3.05) is 5.32 Å². The average molecular weight is 448 g/mol. The summed E-state index contributed by atoms with van der Waals surface area (Å²) in [6, 6.07) is 21.5. The molecule has 5 nitrogen and oxygen atoms in total. The van der Waals surface area contributed by atoms with Crippen LogP contribution in [0.1, 0.15) is 59.5 Å². The molecular weight excluding hydrogens is 422 g/mol. The number of amides is 2. The lowest BCUT2D eigenvalue weighted by Gasteiger charge is -2.18. The molecular formula is C26H26ClN3O2. The normalized spacial score (nSPS) is 11.7. The molecule has 2 amide bonds. The first-order valence-electron chi connectivity index (χ1n) is 10.3. The Hall–Kier alpha value is -3.44. The highest BCUT2D eigenvalue weighted by Crippen LogP contribution is 2.22. The van der Waals surface area contributed by atoms with Gasteiger partial charge in [0, 0.05) is 21.8 Å². The summed E-state index contributed by atoms with van der Waals surface area (Å²) < 4.78 is 0. The van der Waals surface area contributed by atoms with Crippen LogP contribution in [0.15, 0.2) is 77.9 Å². The zero-order valence-electron chi connectivity index (χ0n) is 18.6. The Labute approximate surface area is 193 Å². The molecule has 2 N–H and O–H groups in total. The second-order valence-electron chi connectivity index (χ2n) is 8.51. The molecule has 0 spiro atoms. The van der Waals surface area contributed by atoms with Gasteiger partial charge in [-0.05, 0) is 72.0 Å². The van der Waals surface area contributed by atoms with Gasteiger partial charge in [0.05, 0.1) is 5.71 Å². The molecule has 6 heteroatoms. The van der Waals surface area contributed by atoms with E-state index in [1.54, 1.807) is 55.5 Å². The van der Waals surface area contributed by atoms with Gasteiger partial charge in [-0.2, -0.15) is 5.10 Å². The highest BCUT2D eigenvalue weighted by atomic mass is 35.5. The van der Waals surface area contributed by atoms with Crippen LogP contribution in [0.25, 0.3) is 0 Å². The summed E-state index contributed by atoms with van der Waals surface area (Å²) in [4.78, 5) is 24.9. The van der Waals surface area contributed by atoms with Gasteiger partial charge in [0.25, 0.3) is 11.8 Å². The van der Waals surface area contributed by atoms with Gasteiger partial charge in [-0.15, -0.1) is 0 Å². The second kappa shape index (κ2) is 9.79. The number of halogens is 1. The Bertz CT molecular complexity index is 1140. The van der Waals surface area contributed by atoms with E-state index in [0.29, 0.717) is 27.5 Å². The maximum absolute atomic E-state index is 12.5. The Morgan fingerprint density at radius 2 is 1.41 bits per heavy atom. The zero-order chi connectivity index (χ0) is 23.3. The number of nitrogens with zero attached hydrogens (tertiary/aromatic N) is 1. The van der Waals surface area contributed by atoms with Crippen molar-refractivity contribution in [1.82, 2.24) is 5.43 Å². The van der Waals surface area contributed by atoms with Crippen LogP contribution in [0.4, 0.5) is 5.69 Å². The molecule has 32 heavy (non-hydrogen) atoms. The predicted octanol–water partition coefficient (Wildman–Crippen LogP) is 6.04. The van der Waals surface area contributed by atoms with Crippen LogP contribution in [-0.2, 0) is 5.41 Å². The van der Waals surface area contributed by atoms with Gasteiger partial charge in [-0.25, -0.2) is 5.43 Å². The van der Waals surface area contributed by atoms with Crippen LogP contribution in [0, 0.1) is 0 Å². The van der Waals surface area contributed by atoms with Gasteiger partial charge in [0.2, 0.25) is 0 Å². The maximum atomic E-state index is 12.5. The number of hydrogen-bond donors (Lipinski definition) is 2. The summed E-state index contributed by atoms with van der Waals surface area (Å²) in [5, 5.41) is 7.65. The predicted molar refractivity (Wildman–Crippen MR) is 131 cm³/mol. The minimum Gasteiger partial charge on any atom is -0.322 e. The summed E-state index contributed by atoms with van der Waals surface area (Å²) in [5.41, 5.74) is 6.85. The molecule has 0 aliphatic rings. The van der Waals surface area contributed by atoms with Crippen molar-refractivity contribution in [2.24, 2.45) is 5.10 Å². The van der Waals surface area contributed by atoms with Crippen LogP contribution < -0.4 is 10.7 Å². The number of carbonyl (C=O) groups excluding carboxylic acids is 2. The van der Waals surface area contributed by atoms with Crippen molar-refractivity contribution >= 4 is 34.8 Å². The highest BCUT2D eigenvalue weighted by Gasteiger charge is 2.14. The molecule has 0 radical (unpaired) electrons. The first kappa shape index (κ1) is 23.2. The molecule has 3 aromatic rings. The molecule has 0 aromatic heterocycles.